The van der Waals surface area contributed by atoms with E-state index < -0.39 is 17.9 Å². The largest absolute Gasteiger partial charge is 0.573 e. The second kappa shape index (κ2) is 7.49. The summed E-state index contributed by atoms with van der Waals surface area (Å²) in [5.41, 5.74) is 1.41. The molecule has 2 heterocycles. The van der Waals surface area contributed by atoms with Crippen LogP contribution in [0.1, 0.15) is 42.4 Å². The predicted molar refractivity (Wildman–Crippen MR) is 87.9 cm³/mol. The minimum Gasteiger partial charge on any atom is -0.406 e. The Labute approximate surface area is 148 Å². The van der Waals surface area contributed by atoms with E-state index in [0.29, 0.717) is 12.3 Å². The minimum absolute atomic E-state index is 0.139. The van der Waals surface area contributed by atoms with E-state index in [-0.39, 0.29) is 11.8 Å². The van der Waals surface area contributed by atoms with Crippen molar-refractivity contribution in [3.05, 3.63) is 47.3 Å². The van der Waals surface area contributed by atoms with E-state index in [4.69, 9.17) is 4.74 Å². The highest BCUT2D eigenvalue weighted by atomic mass is 19.4. The number of nitrogens with zero attached hydrogens (tertiary/aromatic N) is 2. The van der Waals surface area contributed by atoms with Gasteiger partial charge in [0.15, 0.2) is 0 Å². The van der Waals surface area contributed by atoms with E-state index in [9.17, 15) is 17.6 Å². The van der Waals surface area contributed by atoms with Gasteiger partial charge in [-0.25, -0.2) is 9.07 Å². The number of rotatable bonds is 4. The van der Waals surface area contributed by atoms with Crippen LogP contribution >= 0.6 is 0 Å². The highest BCUT2D eigenvalue weighted by molar-refractivity contribution is 5.75. The van der Waals surface area contributed by atoms with Crippen LogP contribution in [0.5, 0.6) is 5.75 Å². The summed E-state index contributed by atoms with van der Waals surface area (Å²) in [4.78, 5) is 0. The number of hydrogen-bond donors (Lipinski definition) is 0. The Kier molecular flexibility index (Phi) is 5.31. The molecule has 1 aromatic carbocycles. The van der Waals surface area contributed by atoms with Crippen LogP contribution in [-0.4, -0.2) is 22.7 Å². The van der Waals surface area contributed by atoms with Gasteiger partial charge in [-0.15, -0.1) is 13.2 Å². The maximum Gasteiger partial charge on any atom is 0.573 e. The topological polar surface area (TPSA) is 36.3 Å². The third-order valence-corrected chi connectivity index (χ3v) is 4.01. The minimum atomic E-state index is -4.78. The van der Waals surface area contributed by atoms with Crippen molar-refractivity contribution in [2.45, 2.75) is 38.8 Å². The van der Waals surface area contributed by atoms with Crippen molar-refractivity contribution in [2.24, 2.45) is 0 Å². The van der Waals surface area contributed by atoms with Crippen LogP contribution in [0.2, 0.25) is 0 Å². The van der Waals surface area contributed by atoms with Crippen molar-refractivity contribution in [1.82, 2.24) is 9.78 Å². The van der Waals surface area contributed by atoms with Gasteiger partial charge in [-0.05, 0) is 56.5 Å². The summed E-state index contributed by atoms with van der Waals surface area (Å²) in [6.07, 6.45) is -0.752. The smallest absolute Gasteiger partial charge is 0.406 e. The molecule has 1 atom stereocenters. The van der Waals surface area contributed by atoms with E-state index in [1.165, 1.54) is 18.2 Å². The zero-order valence-corrected chi connectivity index (χ0v) is 14.1. The fourth-order valence-electron chi connectivity index (χ4n) is 2.82. The summed E-state index contributed by atoms with van der Waals surface area (Å²) in [6, 6.07) is 6.31. The van der Waals surface area contributed by atoms with Crippen molar-refractivity contribution >= 4 is 11.9 Å². The molecule has 1 aliphatic heterocycles. The lowest BCUT2D eigenvalue weighted by molar-refractivity contribution is -0.274. The van der Waals surface area contributed by atoms with Crippen LogP contribution in [-0.2, 0) is 4.74 Å². The fraction of sp³-hybridized carbons (Fsp3) is 0.389. The van der Waals surface area contributed by atoms with Gasteiger partial charge in [0.25, 0.3) is 0 Å². The van der Waals surface area contributed by atoms with Crippen LogP contribution in [0, 0.1) is 6.92 Å². The van der Waals surface area contributed by atoms with Gasteiger partial charge < -0.3 is 9.47 Å². The van der Waals surface area contributed by atoms with Gasteiger partial charge in [-0.2, -0.15) is 5.10 Å². The molecule has 8 heteroatoms. The summed E-state index contributed by atoms with van der Waals surface area (Å²) < 4.78 is 62.0. The molecule has 1 saturated heterocycles. The maximum atomic E-state index is 14.4. The molecule has 2 aromatic rings. The first-order valence-corrected chi connectivity index (χ1v) is 8.23. The van der Waals surface area contributed by atoms with Crippen molar-refractivity contribution in [3.63, 3.8) is 0 Å². The lowest BCUT2D eigenvalue weighted by atomic mass is 10.1. The molecule has 1 fully saturated rings. The second-order valence-electron chi connectivity index (χ2n) is 6.04. The first-order chi connectivity index (χ1) is 12.3. The number of aryl methyl sites for hydroxylation is 1. The van der Waals surface area contributed by atoms with Gasteiger partial charge in [-0.3, -0.25) is 0 Å². The zero-order chi connectivity index (χ0) is 18.7. The maximum absolute atomic E-state index is 14.4. The monoisotopic (exact) mass is 370 g/mol. The Morgan fingerprint density at radius 1 is 1.27 bits per heavy atom. The van der Waals surface area contributed by atoms with Gasteiger partial charge >= 0.3 is 6.36 Å². The summed E-state index contributed by atoms with van der Waals surface area (Å²) >= 11 is 0. The molecule has 0 aliphatic carbocycles. The van der Waals surface area contributed by atoms with Crippen molar-refractivity contribution in [1.29, 1.82) is 0 Å². The summed E-state index contributed by atoms with van der Waals surface area (Å²) in [6.45, 7) is 2.54. The fourth-order valence-corrected chi connectivity index (χ4v) is 2.82. The molecule has 0 radical (unpaired) electrons. The van der Waals surface area contributed by atoms with E-state index in [0.717, 1.165) is 37.1 Å². The Morgan fingerprint density at radius 3 is 2.62 bits per heavy atom. The molecule has 26 heavy (non-hydrogen) atoms. The van der Waals surface area contributed by atoms with Gasteiger partial charge in [0.05, 0.1) is 5.69 Å². The van der Waals surface area contributed by atoms with Crippen molar-refractivity contribution in [2.75, 3.05) is 6.61 Å². The van der Waals surface area contributed by atoms with E-state index in [1.54, 1.807) is 10.7 Å². The molecule has 1 unspecified atom stereocenters. The number of ether oxygens (including phenoxy) is 2. The van der Waals surface area contributed by atoms with Crippen LogP contribution in [0.15, 0.2) is 30.3 Å². The third kappa shape index (κ3) is 4.63. The van der Waals surface area contributed by atoms with Crippen LogP contribution in [0.4, 0.5) is 17.6 Å². The predicted octanol–water partition coefficient (Wildman–Crippen LogP) is 5.26. The van der Waals surface area contributed by atoms with Gasteiger partial charge in [-0.1, -0.05) is 0 Å². The first-order valence-electron chi connectivity index (χ1n) is 8.23. The number of alkyl halides is 3. The average molecular weight is 370 g/mol. The summed E-state index contributed by atoms with van der Waals surface area (Å²) in [5.74, 6) is -0.999. The number of aromatic nitrogens is 2. The van der Waals surface area contributed by atoms with E-state index >= 15 is 0 Å². The number of halogens is 4. The van der Waals surface area contributed by atoms with E-state index in [2.05, 4.69) is 9.84 Å². The summed E-state index contributed by atoms with van der Waals surface area (Å²) in [5, 5.41) is 4.37. The standard InChI is InChI=1S/C18H18F4N2O2/c1-12-10-14(23-24(12)17-4-2-3-9-25-17)11-16(19)13-5-7-15(8-6-13)26-18(20,21)22/h5-8,10-11,17H,2-4,9H2,1H3/b16-11-. The Balaban J connectivity index is 1.75. The molecule has 140 valence electrons. The third-order valence-electron chi connectivity index (χ3n) is 4.01. The normalized spacial score (nSPS) is 18.8. The zero-order valence-electron chi connectivity index (χ0n) is 14.1. The summed E-state index contributed by atoms with van der Waals surface area (Å²) in [7, 11) is 0. The lowest BCUT2D eigenvalue weighted by Gasteiger charge is -2.23. The Morgan fingerprint density at radius 2 is 2.00 bits per heavy atom. The first kappa shape index (κ1) is 18.4. The Hall–Kier alpha value is -2.35. The molecule has 1 aliphatic rings. The van der Waals surface area contributed by atoms with E-state index in [1.807, 2.05) is 6.92 Å². The van der Waals surface area contributed by atoms with Crippen LogP contribution < -0.4 is 4.74 Å². The molecule has 3 rings (SSSR count). The van der Waals surface area contributed by atoms with Crippen LogP contribution in [0.3, 0.4) is 0 Å². The molecule has 0 saturated carbocycles. The highest BCUT2D eigenvalue weighted by Crippen LogP contribution is 2.27. The highest BCUT2D eigenvalue weighted by Gasteiger charge is 2.31. The van der Waals surface area contributed by atoms with Gasteiger partial charge in [0.1, 0.15) is 17.8 Å². The molecule has 0 amide bonds. The number of hydrogen-bond acceptors (Lipinski definition) is 3. The van der Waals surface area contributed by atoms with Crippen molar-refractivity contribution in [3.8, 4) is 5.75 Å². The molecule has 1 aromatic heterocycles. The quantitative estimate of drug-likeness (QED) is 0.689. The molecule has 0 N–H and O–H groups in total. The second-order valence-corrected chi connectivity index (χ2v) is 6.04. The molecule has 0 spiro atoms. The average Bonchev–Trinajstić information content (AvgIpc) is 2.95. The van der Waals surface area contributed by atoms with Crippen LogP contribution in [0.25, 0.3) is 11.9 Å². The van der Waals surface area contributed by atoms with Gasteiger partial charge in [0.2, 0.25) is 0 Å². The SMILES string of the molecule is Cc1cc(/C=C(\F)c2ccc(OC(F)(F)F)cc2)nn1C1CCCCO1. The Bertz CT molecular complexity index is 775. The number of benzene rings is 1. The van der Waals surface area contributed by atoms with Crippen molar-refractivity contribution < 1.29 is 27.0 Å². The molecular formula is C18H18F4N2O2. The molecular weight excluding hydrogens is 352 g/mol. The lowest BCUT2D eigenvalue weighted by Crippen LogP contribution is -2.20. The van der Waals surface area contributed by atoms with Gasteiger partial charge in [0, 0.05) is 23.9 Å². The molecule has 0 bridgehead atoms. The molecule has 4 nitrogen and oxygen atoms in total.